The van der Waals surface area contributed by atoms with Crippen molar-refractivity contribution in [1.29, 1.82) is 0 Å². The molecule has 2 rings (SSSR count). The molecule has 108 valence electrons. The molecule has 0 bridgehead atoms. The highest BCUT2D eigenvalue weighted by Crippen LogP contribution is 2.28. The average molecular weight is 374 g/mol. The largest absolute Gasteiger partial charge is 0.250 e. The van der Waals surface area contributed by atoms with Crippen molar-refractivity contribution >= 4 is 37.3 Å². The highest BCUT2D eigenvalue weighted by molar-refractivity contribution is 9.11. The van der Waals surface area contributed by atoms with Crippen LogP contribution in [0.15, 0.2) is 44.4 Å². The third-order valence-electron chi connectivity index (χ3n) is 3.00. The van der Waals surface area contributed by atoms with Crippen LogP contribution in [0.5, 0.6) is 0 Å². The zero-order valence-electron chi connectivity index (χ0n) is 11.3. The molecule has 6 heteroatoms. The summed E-state index contributed by atoms with van der Waals surface area (Å²) in [6, 6.07) is 11.1. The molecule has 20 heavy (non-hydrogen) atoms. The maximum absolute atomic E-state index is 12.3. The van der Waals surface area contributed by atoms with Crippen molar-refractivity contribution in [2.24, 2.45) is 0 Å². The molecule has 0 saturated heterocycles. The summed E-state index contributed by atoms with van der Waals surface area (Å²) in [6.45, 7) is 3.98. The van der Waals surface area contributed by atoms with Gasteiger partial charge >= 0.3 is 0 Å². The van der Waals surface area contributed by atoms with E-state index in [1.54, 1.807) is 12.1 Å². The van der Waals surface area contributed by atoms with E-state index >= 15 is 0 Å². The van der Waals surface area contributed by atoms with E-state index in [-0.39, 0.29) is 6.04 Å². The molecule has 1 aromatic carbocycles. The van der Waals surface area contributed by atoms with E-state index in [4.69, 9.17) is 0 Å². The molecule has 1 aromatic heterocycles. The summed E-state index contributed by atoms with van der Waals surface area (Å²) in [5, 5.41) is 0. The van der Waals surface area contributed by atoms with Crippen LogP contribution in [0.25, 0.3) is 0 Å². The lowest BCUT2D eigenvalue weighted by Crippen LogP contribution is -2.27. The van der Waals surface area contributed by atoms with Crippen LogP contribution in [0.3, 0.4) is 0 Å². The normalized spacial score (nSPS) is 13.3. The Bertz CT molecular complexity index is 677. The summed E-state index contributed by atoms with van der Waals surface area (Å²) < 4.78 is 28.6. The lowest BCUT2D eigenvalue weighted by Gasteiger charge is -2.17. The molecule has 0 saturated carbocycles. The van der Waals surface area contributed by atoms with Crippen LogP contribution >= 0.6 is 27.3 Å². The summed E-state index contributed by atoms with van der Waals surface area (Å²) in [7, 11) is -3.47. The van der Waals surface area contributed by atoms with Crippen molar-refractivity contribution in [3.05, 3.63) is 51.3 Å². The van der Waals surface area contributed by atoms with Gasteiger partial charge in [-0.3, -0.25) is 0 Å². The van der Waals surface area contributed by atoms with Crippen molar-refractivity contribution in [1.82, 2.24) is 4.72 Å². The van der Waals surface area contributed by atoms with Crippen LogP contribution in [-0.2, 0) is 10.0 Å². The van der Waals surface area contributed by atoms with Crippen LogP contribution in [0.1, 0.15) is 30.5 Å². The minimum absolute atomic E-state index is 0.207. The Kier molecular flexibility index (Phi) is 5.01. The van der Waals surface area contributed by atoms with Crippen LogP contribution in [-0.4, -0.2) is 8.42 Å². The molecule has 0 aliphatic rings. The van der Waals surface area contributed by atoms with Gasteiger partial charge in [-0.05, 0) is 47.0 Å². The highest BCUT2D eigenvalue weighted by Gasteiger charge is 2.21. The molecular formula is C14H16BrNO2S2. The number of hydrogen-bond acceptors (Lipinski definition) is 3. The van der Waals surface area contributed by atoms with Crippen molar-refractivity contribution < 1.29 is 8.42 Å². The third-order valence-corrected chi connectivity index (χ3v) is 6.59. The van der Waals surface area contributed by atoms with Gasteiger partial charge in [0.05, 0.1) is 3.79 Å². The molecule has 1 heterocycles. The van der Waals surface area contributed by atoms with Gasteiger partial charge in [0.15, 0.2) is 0 Å². The van der Waals surface area contributed by atoms with Crippen LogP contribution in [0.2, 0.25) is 0 Å². The topological polar surface area (TPSA) is 46.2 Å². The molecule has 2 aromatic rings. The van der Waals surface area contributed by atoms with E-state index in [2.05, 4.69) is 20.7 Å². The number of benzene rings is 1. The molecule has 0 unspecified atom stereocenters. The Morgan fingerprint density at radius 3 is 2.35 bits per heavy atom. The second-order valence-electron chi connectivity index (χ2n) is 4.55. The Morgan fingerprint density at radius 2 is 1.85 bits per heavy atom. The number of aryl methyl sites for hydroxylation is 1. The summed E-state index contributed by atoms with van der Waals surface area (Å²) in [4.78, 5) is 0. The van der Waals surface area contributed by atoms with E-state index in [0.717, 1.165) is 14.9 Å². The van der Waals surface area contributed by atoms with Gasteiger partial charge in [-0.2, -0.15) is 0 Å². The molecule has 3 nitrogen and oxygen atoms in total. The fourth-order valence-electron chi connectivity index (χ4n) is 1.87. The highest BCUT2D eigenvalue weighted by atomic mass is 79.9. The maximum Gasteiger partial charge on any atom is 0.250 e. The quantitative estimate of drug-likeness (QED) is 0.851. The van der Waals surface area contributed by atoms with Crippen LogP contribution in [0, 0.1) is 6.92 Å². The Balaban J connectivity index is 2.24. The van der Waals surface area contributed by atoms with Crippen molar-refractivity contribution in [2.45, 2.75) is 30.5 Å². The zero-order chi connectivity index (χ0) is 14.8. The van der Waals surface area contributed by atoms with Gasteiger partial charge in [0, 0.05) is 6.04 Å². The van der Waals surface area contributed by atoms with Gasteiger partial charge in [0.2, 0.25) is 0 Å². The third kappa shape index (κ3) is 3.69. The number of hydrogen-bond donors (Lipinski definition) is 1. The van der Waals surface area contributed by atoms with Gasteiger partial charge in [-0.1, -0.05) is 36.8 Å². The van der Waals surface area contributed by atoms with E-state index in [1.165, 1.54) is 11.3 Å². The molecule has 0 aliphatic heterocycles. The van der Waals surface area contributed by atoms with Gasteiger partial charge in [-0.25, -0.2) is 13.1 Å². The van der Waals surface area contributed by atoms with E-state index in [9.17, 15) is 8.42 Å². The second kappa shape index (κ2) is 6.39. The van der Waals surface area contributed by atoms with E-state index in [0.29, 0.717) is 10.6 Å². The van der Waals surface area contributed by atoms with Crippen LogP contribution in [0.4, 0.5) is 0 Å². The Hall–Kier alpha value is -0.690. The summed E-state index contributed by atoms with van der Waals surface area (Å²) >= 11 is 4.50. The first-order valence-corrected chi connectivity index (χ1v) is 9.36. The molecule has 0 aliphatic carbocycles. The molecule has 0 amide bonds. The second-order valence-corrected chi connectivity index (χ2v) is 8.96. The lowest BCUT2D eigenvalue weighted by atomic mass is 10.0. The van der Waals surface area contributed by atoms with E-state index in [1.807, 2.05) is 38.1 Å². The Labute approximate surface area is 132 Å². The number of nitrogens with one attached hydrogen (secondary N) is 1. The van der Waals surface area contributed by atoms with E-state index < -0.39 is 10.0 Å². The molecular weight excluding hydrogens is 358 g/mol. The predicted octanol–water partition coefficient (Wildman–Crippen LogP) is 4.25. The standard InChI is InChI=1S/C14H16BrNO2S2/c1-3-12(11-6-4-10(2)5-7-11)16-20(17,18)14-9-8-13(15)19-14/h4-9,12,16H,3H2,1-2H3/t12-/m0/s1. The molecule has 1 atom stereocenters. The number of sulfonamides is 1. The molecule has 1 N–H and O–H groups in total. The Morgan fingerprint density at radius 1 is 1.20 bits per heavy atom. The van der Waals surface area contributed by atoms with Gasteiger partial charge in [0.1, 0.15) is 4.21 Å². The average Bonchev–Trinajstić information content (AvgIpc) is 2.85. The van der Waals surface area contributed by atoms with Crippen molar-refractivity contribution in [3.63, 3.8) is 0 Å². The van der Waals surface area contributed by atoms with Gasteiger partial charge < -0.3 is 0 Å². The summed E-state index contributed by atoms with van der Waals surface area (Å²) in [6.07, 6.45) is 0.703. The number of halogens is 1. The number of thiophene rings is 1. The molecule has 0 radical (unpaired) electrons. The zero-order valence-corrected chi connectivity index (χ0v) is 14.5. The SMILES string of the molecule is CC[C@H](NS(=O)(=O)c1ccc(Br)s1)c1ccc(C)cc1. The van der Waals surface area contributed by atoms with Gasteiger partial charge in [0.25, 0.3) is 10.0 Å². The number of rotatable bonds is 5. The smallest absolute Gasteiger partial charge is 0.206 e. The summed E-state index contributed by atoms with van der Waals surface area (Å²) in [5.41, 5.74) is 2.14. The minimum atomic E-state index is -3.47. The van der Waals surface area contributed by atoms with Gasteiger partial charge in [-0.15, -0.1) is 11.3 Å². The first-order chi connectivity index (χ1) is 9.42. The first-order valence-electron chi connectivity index (χ1n) is 6.26. The van der Waals surface area contributed by atoms with Crippen molar-refractivity contribution in [3.8, 4) is 0 Å². The fraction of sp³-hybridized carbons (Fsp3) is 0.286. The maximum atomic E-state index is 12.3. The first kappa shape index (κ1) is 15.7. The fourth-order valence-corrected chi connectivity index (χ4v) is 5.21. The molecule has 0 fully saturated rings. The monoisotopic (exact) mass is 373 g/mol. The van der Waals surface area contributed by atoms with Crippen molar-refractivity contribution in [2.75, 3.05) is 0 Å². The van der Waals surface area contributed by atoms with Crippen LogP contribution < -0.4 is 4.72 Å². The molecule has 0 spiro atoms. The minimum Gasteiger partial charge on any atom is -0.206 e. The lowest BCUT2D eigenvalue weighted by molar-refractivity contribution is 0.552. The summed E-state index contributed by atoms with van der Waals surface area (Å²) in [5.74, 6) is 0. The predicted molar refractivity (Wildman–Crippen MR) is 86.6 cm³/mol.